The van der Waals surface area contributed by atoms with Gasteiger partial charge in [-0.3, -0.25) is 0 Å². The Labute approximate surface area is 202 Å². The van der Waals surface area contributed by atoms with Crippen LogP contribution in [0.4, 0.5) is 0 Å². The first-order valence-electron chi connectivity index (χ1n) is 12.7. The molecule has 0 N–H and O–H groups in total. The molecule has 5 rings (SSSR count). The zero-order valence-corrected chi connectivity index (χ0v) is 20.2. The Morgan fingerprint density at radius 2 is 1.62 bits per heavy atom. The Kier molecular flexibility index (Phi) is 6.84. The number of fused-ring (bicyclic) bond motifs is 1. The topological polar surface area (TPSA) is 36.3 Å². The standard InChI is InChI=1S/C30H34N2O2/c1-22(2)19-20-33-26-11-8-12-27(21-26)34-25-17-15-23(16-18-25)30-31-28-13-6-7-14-29(28)32(30)24-9-4-3-5-10-24/h6-8,11-18,21-22,24H,3-5,9-10,19-20H2,1-2H3. The second kappa shape index (κ2) is 10.3. The van der Waals surface area contributed by atoms with Crippen molar-refractivity contribution in [2.24, 2.45) is 5.92 Å². The molecule has 1 aliphatic carbocycles. The van der Waals surface area contributed by atoms with Crippen LogP contribution in [-0.2, 0) is 0 Å². The van der Waals surface area contributed by atoms with Crippen LogP contribution < -0.4 is 9.47 Å². The fraction of sp³-hybridized carbons (Fsp3) is 0.367. The van der Waals surface area contributed by atoms with Crippen LogP contribution in [0.25, 0.3) is 22.4 Å². The van der Waals surface area contributed by atoms with Crippen molar-refractivity contribution in [2.75, 3.05) is 6.61 Å². The molecule has 1 aromatic heterocycles. The fourth-order valence-electron chi connectivity index (χ4n) is 4.81. The lowest BCUT2D eigenvalue weighted by atomic mass is 9.95. The van der Waals surface area contributed by atoms with Crippen molar-refractivity contribution >= 4 is 11.0 Å². The zero-order valence-electron chi connectivity index (χ0n) is 20.2. The van der Waals surface area contributed by atoms with E-state index in [0.29, 0.717) is 12.0 Å². The Morgan fingerprint density at radius 3 is 2.41 bits per heavy atom. The predicted octanol–water partition coefficient (Wildman–Crippen LogP) is 8.43. The number of imidazole rings is 1. The summed E-state index contributed by atoms with van der Waals surface area (Å²) in [6.45, 7) is 5.13. The predicted molar refractivity (Wildman–Crippen MR) is 139 cm³/mol. The van der Waals surface area contributed by atoms with Gasteiger partial charge in [-0.05, 0) is 73.7 Å². The van der Waals surface area contributed by atoms with Gasteiger partial charge in [-0.1, -0.05) is 51.3 Å². The van der Waals surface area contributed by atoms with E-state index < -0.39 is 0 Å². The summed E-state index contributed by atoms with van der Waals surface area (Å²) < 4.78 is 14.5. The van der Waals surface area contributed by atoms with E-state index in [1.165, 1.54) is 37.6 Å². The number of nitrogens with zero attached hydrogens (tertiary/aromatic N) is 2. The Hall–Kier alpha value is -3.27. The molecule has 0 unspecified atom stereocenters. The normalized spacial score (nSPS) is 14.6. The lowest BCUT2D eigenvalue weighted by Gasteiger charge is -2.25. The van der Waals surface area contributed by atoms with E-state index in [0.717, 1.165) is 47.2 Å². The third-order valence-electron chi connectivity index (χ3n) is 6.65. The molecular formula is C30H34N2O2. The quantitative estimate of drug-likeness (QED) is 0.268. The van der Waals surface area contributed by atoms with Crippen molar-refractivity contribution in [1.29, 1.82) is 0 Å². The molecule has 1 aliphatic rings. The molecule has 1 fully saturated rings. The minimum Gasteiger partial charge on any atom is -0.493 e. The molecule has 4 nitrogen and oxygen atoms in total. The lowest BCUT2D eigenvalue weighted by molar-refractivity contribution is 0.288. The third-order valence-corrected chi connectivity index (χ3v) is 6.65. The van der Waals surface area contributed by atoms with Gasteiger partial charge < -0.3 is 14.0 Å². The van der Waals surface area contributed by atoms with Crippen LogP contribution in [0.3, 0.4) is 0 Å². The fourth-order valence-corrected chi connectivity index (χ4v) is 4.81. The number of aromatic nitrogens is 2. The molecule has 4 heteroatoms. The number of rotatable bonds is 8. The summed E-state index contributed by atoms with van der Waals surface area (Å²) in [5.41, 5.74) is 3.43. The molecule has 3 aromatic carbocycles. The van der Waals surface area contributed by atoms with E-state index in [1.807, 2.05) is 36.4 Å². The van der Waals surface area contributed by atoms with Gasteiger partial charge in [0, 0.05) is 17.7 Å². The van der Waals surface area contributed by atoms with E-state index >= 15 is 0 Å². The SMILES string of the molecule is CC(C)CCOc1cccc(Oc2ccc(-c3nc4ccccc4n3C3CCCCC3)cc2)c1. The van der Waals surface area contributed by atoms with Crippen LogP contribution in [0, 0.1) is 5.92 Å². The van der Waals surface area contributed by atoms with Gasteiger partial charge in [-0.15, -0.1) is 0 Å². The highest BCUT2D eigenvalue weighted by molar-refractivity contribution is 5.81. The molecule has 176 valence electrons. The van der Waals surface area contributed by atoms with Crippen LogP contribution in [0.5, 0.6) is 17.2 Å². The highest BCUT2D eigenvalue weighted by atomic mass is 16.5. The van der Waals surface area contributed by atoms with Crippen LogP contribution in [0.1, 0.15) is 58.4 Å². The molecule has 0 aliphatic heterocycles. The lowest BCUT2D eigenvalue weighted by Crippen LogP contribution is -2.13. The molecular weight excluding hydrogens is 420 g/mol. The summed E-state index contributed by atoms with van der Waals surface area (Å²) in [7, 11) is 0. The molecule has 0 atom stereocenters. The molecule has 1 saturated carbocycles. The molecule has 1 heterocycles. The highest BCUT2D eigenvalue weighted by Gasteiger charge is 2.22. The molecule has 0 amide bonds. The van der Waals surface area contributed by atoms with Gasteiger partial charge in [-0.25, -0.2) is 4.98 Å². The molecule has 34 heavy (non-hydrogen) atoms. The molecule has 0 radical (unpaired) electrons. The molecule has 0 spiro atoms. The van der Waals surface area contributed by atoms with Crippen molar-refractivity contribution < 1.29 is 9.47 Å². The van der Waals surface area contributed by atoms with Gasteiger partial charge in [0.25, 0.3) is 0 Å². The number of hydrogen-bond donors (Lipinski definition) is 0. The van der Waals surface area contributed by atoms with Crippen LogP contribution in [-0.4, -0.2) is 16.2 Å². The van der Waals surface area contributed by atoms with E-state index in [4.69, 9.17) is 14.5 Å². The first-order valence-corrected chi connectivity index (χ1v) is 12.7. The van der Waals surface area contributed by atoms with Crippen molar-refractivity contribution in [1.82, 2.24) is 9.55 Å². The minimum atomic E-state index is 0.519. The van der Waals surface area contributed by atoms with E-state index in [-0.39, 0.29) is 0 Å². The average Bonchev–Trinajstić information content (AvgIpc) is 3.25. The van der Waals surface area contributed by atoms with Crippen molar-refractivity contribution in [3.63, 3.8) is 0 Å². The van der Waals surface area contributed by atoms with E-state index in [9.17, 15) is 0 Å². The van der Waals surface area contributed by atoms with Gasteiger partial charge in [0.05, 0.1) is 17.6 Å². The summed E-state index contributed by atoms with van der Waals surface area (Å²) >= 11 is 0. The maximum Gasteiger partial charge on any atom is 0.141 e. The highest BCUT2D eigenvalue weighted by Crippen LogP contribution is 2.36. The van der Waals surface area contributed by atoms with Crippen molar-refractivity contribution in [3.8, 4) is 28.6 Å². The van der Waals surface area contributed by atoms with E-state index in [1.54, 1.807) is 0 Å². The number of benzene rings is 3. The summed E-state index contributed by atoms with van der Waals surface area (Å²) in [5, 5.41) is 0. The number of para-hydroxylation sites is 2. The van der Waals surface area contributed by atoms with Crippen LogP contribution in [0.2, 0.25) is 0 Å². The monoisotopic (exact) mass is 454 g/mol. The third kappa shape index (κ3) is 5.11. The number of ether oxygens (including phenoxy) is 2. The van der Waals surface area contributed by atoms with Gasteiger partial charge in [0.15, 0.2) is 0 Å². The largest absolute Gasteiger partial charge is 0.493 e. The van der Waals surface area contributed by atoms with Gasteiger partial charge in [0.1, 0.15) is 23.1 Å². The smallest absolute Gasteiger partial charge is 0.141 e. The summed E-state index contributed by atoms with van der Waals surface area (Å²) in [4.78, 5) is 5.03. The molecule has 4 aromatic rings. The zero-order chi connectivity index (χ0) is 23.3. The first-order chi connectivity index (χ1) is 16.7. The van der Waals surface area contributed by atoms with Crippen LogP contribution >= 0.6 is 0 Å². The summed E-state index contributed by atoms with van der Waals surface area (Å²) in [6.07, 6.45) is 7.42. The van der Waals surface area contributed by atoms with Gasteiger partial charge in [-0.2, -0.15) is 0 Å². The maximum atomic E-state index is 6.14. The minimum absolute atomic E-state index is 0.519. The second-order valence-electron chi connectivity index (χ2n) is 9.72. The number of hydrogen-bond acceptors (Lipinski definition) is 3. The molecule has 0 saturated heterocycles. The second-order valence-corrected chi connectivity index (χ2v) is 9.72. The van der Waals surface area contributed by atoms with Crippen LogP contribution in [0.15, 0.2) is 72.8 Å². The maximum absolute atomic E-state index is 6.14. The van der Waals surface area contributed by atoms with Gasteiger partial charge in [0.2, 0.25) is 0 Å². The van der Waals surface area contributed by atoms with Crippen molar-refractivity contribution in [2.45, 2.75) is 58.4 Å². The van der Waals surface area contributed by atoms with Gasteiger partial charge >= 0.3 is 0 Å². The summed E-state index contributed by atoms with van der Waals surface area (Å²) in [6, 6.07) is 25.2. The average molecular weight is 455 g/mol. The Balaban J connectivity index is 1.36. The van der Waals surface area contributed by atoms with E-state index in [2.05, 4.69) is 54.8 Å². The Morgan fingerprint density at radius 1 is 0.853 bits per heavy atom. The Bertz CT molecular complexity index is 1220. The summed E-state index contributed by atoms with van der Waals surface area (Å²) in [5.74, 6) is 4.12. The first kappa shape index (κ1) is 22.5. The molecule has 0 bridgehead atoms. The van der Waals surface area contributed by atoms with Crippen molar-refractivity contribution in [3.05, 3.63) is 72.8 Å².